The van der Waals surface area contributed by atoms with Crippen molar-refractivity contribution < 1.29 is 9.32 Å². The fourth-order valence-electron chi connectivity index (χ4n) is 4.98. The Morgan fingerprint density at radius 3 is 2.70 bits per heavy atom. The van der Waals surface area contributed by atoms with Crippen molar-refractivity contribution in [3.8, 4) is 11.4 Å². The van der Waals surface area contributed by atoms with Gasteiger partial charge in [0.05, 0.1) is 11.6 Å². The summed E-state index contributed by atoms with van der Waals surface area (Å²) in [5, 5.41) is 10.9. The van der Waals surface area contributed by atoms with Crippen molar-refractivity contribution in [2.24, 2.45) is 11.8 Å². The van der Waals surface area contributed by atoms with Crippen LogP contribution in [0.25, 0.3) is 22.2 Å². The lowest BCUT2D eigenvalue weighted by molar-refractivity contribution is -0.126. The lowest BCUT2D eigenvalue weighted by atomic mass is 9.94. The Morgan fingerprint density at radius 1 is 1.11 bits per heavy atom. The number of carbonyl (C=O) groups is 1. The van der Waals surface area contributed by atoms with Crippen molar-refractivity contribution in [2.45, 2.75) is 32.7 Å². The molecule has 37 heavy (non-hydrogen) atoms. The molecule has 0 radical (unpaired) electrons. The third kappa shape index (κ3) is 6.32. The van der Waals surface area contributed by atoms with Gasteiger partial charge in [-0.15, -0.1) is 0 Å². The summed E-state index contributed by atoms with van der Waals surface area (Å²) in [6.07, 6.45) is 2.56. The summed E-state index contributed by atoms with van der Waals surface area (Å²) < 4.78 is 5.45. The highest BCUT2D eigenvalue weighted by atomic mass is 35.5. The second-order valence-electron chi connectivity index (χ2n) is 9.88. The number of benzene rings is 3. The number of aromatic nitrogens is 2. The van der Waals surface area contributed by atoms with E-state index < -0.39 is 0 Å². The Hall–Kier alpha value is -2.93. The van der Waals surface area contributed by atoms with Gasteiger partial charge < -0.3 is 9.84 Å². The first-order valence-corrected chi connectivity index (χ1v) is 13.5. The lowest BCUT2D eigenvalue weighted by Crippen LogP contribution is -2.41. The van der Waals surface area contributed by atoms with Gasteiger partial charge in [0.2, 0.25) is 17.6 Å². The molecule has 0 aliphatic carbocycles. The summed E-state index contributed by atoms with van der Waals surface area (Å²) in [7, 11) is 0. The number of fused-ring (bicyclic) bond motifs is 1. The molecular weight excluding hydrogens is 507 g/mol. The molecule has 6 nitrogen and oxygen atoms in total. The molecule has 1 unspecified atom stereocenters. The summed E-state index contributed by atoms with van der Waals surface area (Å²) >= 11 is 12.2. The van der Waals surface area contributed by atoms with Crippen LogP contribution >= 0.6 is 23.2 Å². The molecule has 1 fully saturated rings. The number of piperidine rings is 1. The van der Waals surface area contributed by atoms with Crippen molar-refractivity contribution in [1.29, 1.82) is 0 Å². The number of halogens is 2. The van der Waals surface area contributed by atoms with Crippen LogP contribution in [0.3, 0.4) is 0 Å². The molecular formula is C29H30Cl2N4O2. The Morgan fingerprint density at radius 2 is 1.89 bits per heavy atom. The van der Waals surface area contributed by atoms with Crippen molar-refractivity contribution in [3.05, 3.63) is 82.2 Å². The van der Waals surface area contributed by atoms with E-state index in [9.17, 15) is 4.79 Å². The smallest absolute Gasteiger partial charge is 0.241 e. The predicted octanol–water partition coefficient (Wildman–Crippen LogP) is 6.40. The number of carbonyl (C=O) groups excluding carboxylic acids is 1. The largest absolute Gasteiger partial charge is 0.356 e. The maximum absolute atomic E-state index is 12.9. The van der Waals surface area contributed by atoms with Crippen LogP contribution in [-0.2, 0) is 17.8 Å². The van der Waals surface area contributed by atoms with Gasteiger partial charge in [0, 0.05) is 23.0 Å². The highest BCUT2D eigenvalue weighted by Crippen LogP contribution is 2.29. The van der Waals surface area contributed by atoms with Crippen LogP contribution in [0.1, 0.15) is 31.2 Å². The molecule has 1 N–H and O–H groups in total. The van der Waals surface area contributed by atoms with E-state index in [1.807, 2.05) is 0 Å². The van der Waals surface area contributed by atoms with Gasteiger partial charge in [-0.25, -0.2) is 0 Å². The van der Waals surface area contributed by atoms with Gasteiger partial charge in [0.1, 0.15) is 0 Å². The van der Waals surface area contributed by atoms with Crippen molar-refractivity contribution >= 4 is 39.9 Å². The molecule has 1 aliphatic rings. The molecule has 1 aliphatic heterocycles. The third-order valence-corrected chi connectivity index (χ3v) is 7.58. The summed E-state index contributed by atoms with van der Waals surface area (Å²) in [5.74, 6) is 1.53. The molecule has 3 aromatic carbocycles. The van der Waals surface area contributed by atoms with E-state index in [0.717, 1.165) is 32.4 Å². The number of nitrogens with one attached hydrogen (secondary N) is 1. The highest BCUT2D eigenvalue weighted by molar-refractivity contribution is 6.36. The fourth-order valence-corrected chi connectivity index (χ4v) is 5.47. The first-order valence-electron chi connectivity index (χ1n) is 12.7. The molecule has 4 aromatic rings. The van der Waals surface area contributed by atoms with Crippen LogP contribution in [0.15, 0.2) is 65.2 Å². The third-order valence-electron chi connectivity index (χ3n) is 7.03. The van der Waals surface area contributed by atoms with E-state index in [4.69, 9.17) is 27.7 Å². The average molecular weight is 537 g/mol. The predicted molar refractivity (Wildman–Crippen MR) is 148 cm³/mol. The number of amides is 1. The SMILES string of the molecule is CC(CNC(=O)C1CCN(Cc2nc(-c3ccc(Cl)cc3Cl)no2)CC1)Cc1cccc2ccccc12. The number of hydrogen-bond donors (Lipinski definition) is 1. The van der Waals surface area contributed by atoms with Gasteiger partial charge in [-0.2, -0.15) is 4.98 Å². The Labute approximate surface area is 226 Å². The van der Waals surface area contributed by atoms with E-state index in [1.165, 1.54) is 16.3 Å². The number of nitrogens with zero attached hydrogens (tertiary/aromatic N) is 3. The zero-order valence-electron chi connectivity index (χ0n) is 20.8. The molecule has 1 aromatic heterocycles. The zero-order chi connectivity index (χ0) is 25.8. The monoisotopic (exact) mass is 536 g/mol. The molecule has 0 saturated carbocycles. The van der Waals surface area contributed by atoms with Crippen LogP contribution < -0.4 is 5.32 Å². The second kappa shape index (κ2) is 11.6. The number of hydrogen-bond acceptors (Lipinski definition) is 5. The van der Waals surface area contributed by atoms with E-state index in [0.29, 0.717) is 46.3 Å². The van der Waals surface area contributed by atoms with Crippen LogP contribution in [0.4, 0.5) is 0 Å². The Balaban J connectivity index is 1.08. The topological polar surface area (TPSA) is 71.3 Å². The number of likely N-dealkylation sites (tertiary alicyclic amines) is 1. The molecule has 1 saturated heterocycles. The Bertz CT molecular complexity index is 1380. The summed E-state index contributed by atoms with van der Waals surface area (Å²) in [6.45, 7) is 5.04. The highest BCUT2D eigenvalue weighted by Gasteiger charge is 2.26. The van der Waals surface area contributed by atoms with Gasteiger partial charge in [0.15, 0.2) is 0 Å². The van der Waals surface area contributed by atoms with Crippen LogP contribution in [0.2, 0.25) is 10.0 Å². The lowest BCUT2D eigenvalue weighted by Gasteiger charge is -2.30. The maximum Gasteiger partial charge on any atom is 0.241 e. The van der Waals surface area contributed by atoms with Crippen molar-refractivity contribution in [3.63, 3.8) is 0 Å². The minimum absolute atomic E-state index is 0.0344. The minimum atomic E-state index is 0.0344. The van der Waals surface area contributed by atoms with Crippen molar-refractivity contribution in [2.75, 3.05) is 19.6 Å². The van der Waals surface area contributed by atoms with E-state index in [1.54, 1.807) is 18.2 Å². The maximum atomic E-state index is 12.9. The quantitative estimate of drug-likeness (QED) is 0.282. The van der Waals surface area contributed by atoms with E-state index >= 15 is 0 Å². The average Bonchev–Trinajstić information content (AvgIpc) is 3.36. The molecule has 1 amide bonds. The molecule has 5 rings (SSSR count). The van der Waals surface area contributed by atoms with Crippen LogP contribution in [0.5, 0.6) is 0 Å². The normalized spacial score (nSPS) is 15.6. The van der Waals surface area contributed by atoms with E-state index in [2.05, 4.69) is 69.7 Å². The van der Waals surface area contributed by atoms with E-state index in [-0.39, 0.29) is 11.8 Å². The Kier molecular flexibility index (Phi) is 8.08. The van der Waals surface area contributed by atoms with Gasteiger partial charge in [-0.1, -0.05) is 77.7 Å². The molecule has 8 heteroatoms. The summed E-state index contributed by atoms with van der Waals surface area (Å²) in [5.41, 5.74) is 2.02. The molecule has 0 bridgehead atoms. The van der Waals surface area contributed by atoms with Crippen LogP contribution in [0, 0.1) is 11.8 Å². The molecule has 1 atom stereocenters. The molecule has 0 spiro atoms. The second-order valence-corrected chi connectivity index (χ2v) is 10.7. The summed E-state index contributed by atoms with van der Waals surface area (Å²) in [6, 6.07) is 20.1. The van der Waals surface area contributed by atoms with Crippen LogP contribution in [-0.4, -0.2) is 40.6 Å². The standard InChI is InChI=1S/C29H30Cl2N4O2/c1-19(15-22-7-4-6-20-5-2-3-8-24(20)22)17-32-29(36)21-11-13-35(14-12-21)18-27-33-28(34-37-27)25-10-9-23(30)16-26(25)31/h2-10,16,19,21H,11-15,17-18H2,1H3,(H,32,36). The van der Waals surface area contributed by atoms with Gasteiger partial charge in [-0.3, -0.25) is 9.69 Å². The summed E-state index contributed by atoms with van der Waals surface area (Å²) in [4.78, 5) is 19.6. The van der Waals surface area contributed by atoms with Crippen molar-refractivity contribution in [1.82, 2.24) is 20.4 Å². The first-order chi connectivity index (χ1) is 18.0. The first kappa shape index (κ1) is 25.7. The van der Waals surface area contributed by atoms with Gasteiger partial charge >= 0.3 is 0 Å². The zero-order valence-corrected chi connectivity index (χ0v) is 22.3. The van der Waals surface area contributed by atoms with Gasteiger partial charge in [-0.05, 0) is 72.8 Å². The minimum Gasteiger partial charge on any atom is -0.356 e. The molecule has 192 valence electrons. The molecule has 2 heterocycles. The van der Waals surface area contributed by atoms with Gasteiger partial charge in [0.25, 0.3) is 0 Å². The number of rotatable bonds is 8. The fraction of sp³-hybridized carbons (Fsp3) is 0.345.